The summed E-state index contributed by atoms with van der Waals surface area (Å²) in [4.78, 5) is 16.5. The van der Waals surface area contributed by atoms with Crippen molar-refractivity contribution >= 4 is 10.8 Å². The average molecular weight is 272 g/mol. The van der Waals surface area contributed by atoms with Crippen LogP contribution in [0.4, 0.5) is 0 Å². The average Bonchev–Trinajstić information content (AvgIpc) is 3.01. The van der Waals surface area contributed by atoms with E-state index in [1.54, 1.807) is 24.1 Å². The van der Waals surface area contributed by atoms with Gasteiger partial charge in [0.25, 0.3) is 5.56 Å². The largest absolute Gasteiger partial charge is 0.379 e. The zero-order valence-electron chi connectivity index (χ0n) is 11.8. The van der Waals surface area contributed by atoms with Gasteiger partial charge in [-0.3, -0.25) is 9.78 Å². The lowest BCUT2D eigenvalue weighted by Gasteiger charge is -2.22. The Bertz CT molecular complexity index is 644. The fourth-order valence-electron chi connectivity index (χ4n) is 3.20. The second-order valence-electron chi connectivity index (χ2n) is 5.55. The molecular weight excluding hydrogens is 252 g/mol. The van der Waals surface area contributed by atoms with Crippen LogP contribution in [0.2, 0.25) is 0 Å². The van der Waals surface area contributed by atoms with Crippen molar-refractivity contribution in [3.63, 3.8) is 0 Å². The van der Waals surface area contributed by atoms with Gasteiger partial charge in [-0.05, 0) is 36.3 Å². The molecule has 1 unspecified atom stereocenters. The van der Waals surface area contributed by atoms with Gasteiger partial charge < -0.3 is 9.30 Å². The van der Waals surface area contributed by atoms with Crippen LogP contribution in [-0.4, -0.2) is 22.8 Å². The smallest absolute Gasteiger partial charge is 0.260 e. The van der Waals surface area contributed by atoms with E-state index in [9.17, 15) is 4.79 Å². The highest BCUT2D eigenvalue weighted by atomic mass is 16.5. The first kappa shape index (κ1) is 13.3. The predicted molar refractivity (Wildman–Crippen MR) is 78.8 cm³/mol. The zero-order chi connectivity index (χ0) is 13.9. The second-order valence-corrected chi connectivity index (χ2v) is 5.55. The Morgan fingerprint density at radius 1 is 1.40 bits per heavy atom. The van der Waals surface area contributed by atoms with Gasteiger partial charge in [0.05, 0.1) is 18.0 Å². The number of aromatic nitrogens is 2. The molecule has 1 fully saturated rings. The van der Waals surface area contributed by atoms with E-state index in [4.69, 9.17) is 4.74 Å². The van der Waals surface area contributed by atoms with Crippen LogP contribution >= 0.6 is 0 Å². The molecule has 0 spiro atoms. The van der Waals surface area contributed by atoms with E-state index in [2.05, 4.69) is 4.98 Å². The molecule has 20 heavy (non-hydrogen) atoms. The van der Waals surface area contributed by atoms with E-state index < -0.39 is 0 Å². The van der Waals surface area contributed by atoms with Crippen molar-refractivity contribution in [1.29, 1.82) is 0 Å². The van der Waals surface area contributed by atoms with E-state index in [-0.39, 0.29) is 11.7 Å². The third kappa shape index (κ3) is 2.48. The molecule has 3 rings (SSSR count). The molecule has 0 amide bonds. The molecule has 0 aromatic carbocycles. The Balaban J connectivity index is 1.90. The highest BCUT2D eigenvalue weighted by molar-refractivity contribution is 5.80. The van der Waals surface area contributed by atoms with E-state index in [1.165, 1.54) is 25.7 Å². The van der Waals surface area contributed by atoms with Gasteiger partial charge >= 0.3 is 0 Å². The van der Waals surface area contributed by atoms with Crippen molar-refractivity contribution in [1.82, 2.24) is 9.55 Å². The molecule has 106 valence electrons. The van der Waals surface area contributed by atoms with Crippen molar-refractivity contribution in [3.05, 3.63) is 41.1 Å². The summed E-state index contributed by atoms with van der Waals surface area (Å²) in [5.41, 5.74) is 0.0237. The molecule has 0 N–H and O–H groups in total. The van der Waals surface area contributed by atoms with Gasteiger partial charge in [-0.1, -0.05) is 12.8 Å². The maximum atomic E-state index is 12.5. The minimum Gasteiger partial charge on any atom is -0.379 e. The fraction of sp³-hybridized carbons (Fsp3) is 0.500. The first-order chi connectivity index (χ1) is 9.79. The van der Waals surface area contributed by atoms with Crippen LogP contribution in [0.1, 0.15) is 25.7 Å². The van der Waals surface area contributed by atoms with Gasteiger partial charge in [0.2, 0.25) is 0 Å². The van der Waals surface area contributed by atoms with Crippen molar-refractivity contribution < 1.29 is 4.74 Å². The van der Waals surface area contributed by atoms with Gasteiger partial charge in [-0.15, -0.1) is 0 Å². The first-order valence-corrected chi connectivity index (χ1v) is 7.25. The van der Waals surface area contributed by atoms with E-state index in [0.717, 1.165) is 5.39 Å². The summed E-state index contributed by atoms with van der Waals surface area (Å²) in [5.74, 6) is 0.580. The van der Waals surface area contributed by atoms with E-state index in [0.29, 0.717) is 17.8 Å². The molecule has 1 atom stereocenters. The quantitative estimate of drug-likeness (QED) is 0.859. The van der Waals surface area contributed by atoms with Gasteiger partial charge in [0, 0.05) is 25.7 Å². The van der Waals surface area contributed by atoms with E-state index in [1.807, 2.05) is 18.3 Å². The number of methoxy groups -OCH3 is 1. The van der Waals surface area contributed by atoms with Crippen LogP contribution < -0.4 is 5.56 Å². The first-order valence-electron chi connectivity index (χ1n) is 7.25. The maximum Gasteiger partial charge on any atom is 0.260 e. The highest BCUT2D eigenvalue weighted by Crippen LogP contribution is 2.29. The summed E-state index contributed by atoms with van der Waals surface area (Å²) in [6.45, 7) is 0.630. The van der Waals surface area contributed by atoms with Crippen LogP contribution in [0, 0.1) is 5.92 Å². The topological polar surface area (TPSA) is 44.1 Å². The molecule has 2 aromatic rings. The molecule has 0 aliphatic heterocycles. The van der Waals surface area contributed by atoms with Gasteiger partial charge in [0.1, 0.15) is 0 Å². The Morgan fingerprint density at radius 3 is 2.95 bits per heavy atom. The second kappa shape index (κ2) is 5.75. The van der Waals surface area contributed by atoms with Crippen molar-refractivity contribution in [2.24, 2.45) is 5.92 Å². The highest BCUT2D eigenvalue weighted by Gasteiger charge is 2.25. The molecule has 0 saturated heterocycles. The van der Waals surface area contributed by atoms with Crippen molar-refractivity contribution in [3.8, 4) is 0 Å². The maximum absolute atomic E-state index is 12.5. The number of pyridine rings is 2. The van der Waals surface area contributed by atoms with Crippen LogP contribution in [0.5, 0.6) is 0 Å². The number of hydrogen-bond acceptors (Lipinski definition) is 3. The Kier molecular flexibility index (Phi) is 3.83. The third-order valence-electron chi connectivity index (χ3n) is 4.39. The number of nitrogens with zero attached hydrogens (tertiary/aromatic N) is 2. The van der Waals surface area contributed by atoms with Crippen molar-refractivity contribution in [2.75, 3.05) is 7.11 Å². The van der Waals surface area contributed by atoms with E-state index >= 15 is 0 Å². The van der Waals surface area contributed by atoms with Crippen LogP contribution in [0.3, 0.4) is 0 Å². The Labute approximate surface area is 118 Å². The molecule has 4 nitrogen and oxygen atoms in total. The lowest BCUT2D eigenvalue weighted by Crippen LogP contribution is -2.31. The molecule has 0 bridgehead atoms. The lowest BCUT2D eigenvalue weighted by atomic mass is 10.0. The van der Waals surface area contributed by atoms with Crippen molar-refractivity contribution in [2.45, 2.75) is 38.3 Å². The predicted octanol–water partition coefficient (Wildman–Crippen LogP) is 2.60. The SMILES string of the molecule is COC(Cn1ccc2ccncc2c1=O)C1CCCC1. The summed E-state index contributed by atoms with van der Waals surface area (Å²) in [6, 6.07) is 3.84. The molecule has 1 aliphatic carbocycles. The van der Waals surface area contributed by atoms with Crippen LogP contribution in [0.25, 0.3) is 10.8 Å². The van der Waals surface area contributed by atoms with Gasteiger partial charge in [-0.25, -0.2) is 0 Å². The minimum absolute atomic E-state index is 0.0237. The summed E-state index contributed by atoms with van der Waals surface area (Å²) in [5, 5.41) is 1.62. The van der Waals surface area contributed by atoms with Crippen LogP contribution in [0.15, 0.2) is 35.5 Å². The minimum atomic E-state index is 0.0237. The third-order valence-corrected chi connectivity index (χ3v) is 4.39. The summed E-state index contributed by atoms with van der Waals surface area (Å²) < 4.78 is 7.39. The monoisotopic (exact) mass is 272 g/mol. The number of fused-ring (bicyclic) bond motifs is 1. The zero-order valence-corrected chi connectivity index (χ0v) is 11.8. The summed E-state index contributed by atoms with van der Waals surface area (Å²) >= 11 is 0. The Morgan fingerprint density at radius 2 is 2.20 bits per heavy atom. The lowest BCUT2D eigenvalue weighted by molar-refractivity contribution is 0.0401. The number of ether oxygens (including phenoxy) is 1. The summed E-state index contributed by atoms with van der Waals surface area (Å²) in [7, 11) is 1.75. The van der Waals surface area contributed by atoms with Crippen LogP contribution in [-0.2, 0) is 11.3 Å². The fourth-order valence-corrected chi connectivity index (χ4v) is 3.20. The molecular formula is C16H20N2O2. The number of rotatable bonds is 4. The normalized spacial score (nSPS) is 17.6. The molecule has 2 heterocycles. The molecule has 0 radical (unpaired) electrons. The summed E-state index contributed by atoms with van der Waals surface area (Å²) in [6.07, 6.45) is 10.3. The molecule has 4 heteroatoms. The van der Waals surface area contributed by atoms with Gasteiger partial charge in [0.15, 0.2) is 0 Å². The molecule has 1 aliphatic rings. The number of hydrogen-bond donors (Lipinski definition) is 0. The van der Waals surface area contributed by atoms with Gasteiger partial charge in [-0.2, -0.15) is 0 Å². The molecule has 2 aromatic heterocycles. The Hall–Kier alpha value is -1.68. The standard InChI is InChI=1S/C16H20N2O2/c1-20-15(13-4-2-3-5-13)11-18-9-7-12-6-8-17-10-14(12)16(18)19/h6-10,13,15H,2-5,11H2,1H3. The molecule has 1 saturated carbocycles.